The fourth-order valence-electron chi connectivity index (χ4n) is 1.97. The first kappa shape index (κ1) is 13.5. The lowest BCUT2D eigenvalue weighted by Crippen LogP contribution is -2.15. The van der Waals surface area contributed by atoms with Crippen LogP contribution in [0.4, 0.5) is 0 Å². The zero-order valence-corrected chi connectivity index (χ0v) is 12.7. The van der Waals surface area contributed by atoms with Gasteiger partial charge in [0.05, 0.1) is 17.8 Å². The first-order valence-corrected chi connectivity index (χ1v) is 7.43. The molecule has 0 spiro atoms. The topological polar surface area (TPSA) is 50.9 Å². The molecule has 104 valence electrons. The van der Waals surface area contributed by atoms with Crippen LogP contribution in [0.25, 0.3) is 10.1 Å². The van der Waals surface area contributed by atoms with Crippen LogP contribution in [0.15, 0.2) is 30.5 Å². The Balaban J connectivity index is 1.93. The summed E-state index contributed by atoms with van der Waals surface area (Å²) in [5, 5.41) is 19.8. The van der Waals surface area contributed by atoms with E-state index in [4.69, 9.17) is 11.6 Å². The highest BCUT2D eigenvalue weighted by Gasteiger charge is 2.20. The first-order valence-electron chi connectivity index (χ1n) is 6.24. The zero-order valence-electron chi connectivity index (χ0n) is 11.2. The van der Waals surface area contributed by atoms with Crippen LogP contribution < -0.4 is 0 Å². The van der Waals surface area contributed by atoms with Crippen LogP contribution in [0, 0.1) is 0 Å². The molecule has 0 bridgehead atoms. The van der Waals surface area contributed by atoms with E-state index in [0.717, 1.165) is 20.0 Å². The fraction of sp³-hybridized carbons (Fsp3) is 0.286. The predicted octanol–water partition coefficient (Wildman–Crippen LogP) is 3.42. The molecule has 0 unspecified atom stereocenters. The monoisotopic (exact) mass is 307 g/mol. The average molecular weight is 308 g/mol. The Morgan fingerprint density at radius 3 is 2.75 bits per heavy atom. The van der Waals surface area contributed by atoms with Gasteiger partial charge in [0.25, 0.3) is 0 Å². The van der Waals surface area contributed by atoms with Crippen molar-refractivity contribution in [3.8, 4) is 0 Å². The van der Waals surface area contributed by atoms with E-state index in [1.165, 1.54) is 0 Å². The minimum absolute atomic E-state index is 0.551. The summed E-state index contributed by atoms with van der Waals surface area (Å²) in [5.74, 6) is 0. The minimum Gasteiger partial charge on any atom is -0.384 e. The molecule has 0 radical (unpaired) electrons. The van der Waals surface area contributed by atoms with Crippen molar-refractivity contribution < 1.29 is 5.11 Å². The second-order valence-electron chi connectivity index (χ2n) is 5.20. The molecular formula is C14H14ClN3OS. The summed E-state index contributed by atoms with van der Waals surface area (Å²) in [6.45, 7) is 3.93. The number of hydrogen-bond acceptors (Lipinski definition) is 4. The Morgan fingerprint density at radius 1 is 1.35 bits per heavy atom. The van der Waals surface area contributed by atoms with E-state index in [1.807, 2.05) is 18.2 Å². The molecule has 20 heavy (non-hydrogen) atoms. The molecule has 6 heteroatoms. The predicted molar refractivity (Wildman–Crippen MR) is 81.2 cm³/mol. The molecule has 0 saturated carbocycles. The number of benzene rings is 1. The van der Waals surface area contributed by atoms with E-state index in [1.54, 1.807) is 36.1 Å². The van der Waals surface area contributed by atoms with Crippen molar-refractivity contribution in [2.45, 2.75) is 26.0 Å². The van der Waals surface area contributed by atoms with Crippen LogP contribution in [0.1, 0.15) is 24.4 Å². The summed E-state index contributed by atoms with van der Waals surface area (Å²) < 4.78 is 2.86. The van der Waals surface area contributed by atoms with Crippen LogP contribution in [0.3, 0.4) is 0 Å². The highest BCUT2D eigenvalue weighted by molar-refractivity contribution is 7.19. The van der Waals surface area contributed by atoms with Crippen LogP contribution in [-0.4, -0.2) is 20.1 Å². The van der Waals surface area contributed by atoms with Crippen LogP contribution in [-0.2, 0) is 12.1 Å². The van der Waals surface area contributed by atoms with Gasteiger partial charge in [-0.25, -0.2) is 4.68 Å². The maximum Gasteiger partial charge on any atom is 0.114 e. The summed E-state index contributed by atoms with van der Waals surface area (Å²) in [4.78, 5) is 1.04. The van der Waals surface area contributed by atoms with Gasteiger partial charge in [-0.05, 0) is 19.9 Å². The standard InChI is InChI=1S/C14H14ClN3OS/c1-14(2,19)12-8-18(17-16-12)7-11-13(15)9-5-3-4-6-10(9)20-11/h3-6,8,19H,7H2,1-2H3. The lowest BCUT2D eigenvalue weighted by atomic mass is 10.1. The summed E-state index contributed by atoms with van der Waals surface area (Å²) in [6.07, 6.45) is 1.75. The van der Waals surface area contributed by atoms with Crippen molar-refractivity contribution in [2.75, 3.05) is 0 Å². The highest BCUT2D eigenvalue weighted by atomic mass is 35.5. The Bertz CT molecular complexity index is 757. The molecule has 0 saturated heterocycles. The third-order valence-corrected chi connectivity index (χ3v) is 4.77. The van der Waals surface area contributed by atoms with E-state index in [2.05, 4.69) is 16.4 Å². The molecule has 2 aromatic heterocycles. The first-order chi connectivity index (χ1) is 9.45. The summed E-state index contributed by atoms with van der Waals surface area (Å²) in [5.41, 5.74) is -0.433. The molecule has 0 fully saturated rings. The van der Waals surface area contributed by atoms with Crippen LogP contribution in [0.2, 0.25) is 5.02 Å². The molecular weight excluding hydrogens is 294 g/mol. The molecule has 1 aromatic carbocycles. The van der Waals surface area contributed by atoms with Crippen molar-refractivity contribution in [2.24, 2.45) is 0 Å². The van der Waals surface area contributed by atoms with E-state index >= 15 is 0 Å². The van der Waals surface area contributed by atoms with Gasteiger partial charge in [-0.3, -0.25) is 0 Å². The minimum atomic E-state index is -0.984. The lowest BCUT2D eigenvalue weighted by molar-refractivity contribution is 0.0737. The van der Waals surface area contributed by atoms with Gasteiger partial charge in [0.1, 0.15) is 11.3 Å². The Kier molecular flexibility index (Phi) is 3.28. The Morgan fingerprint density at radius 2 is 2.10 bits per heavy atom. The normalized spacial score (nSPS) is 12.2. The number of hydrogen-bond donors (Lipinski definition) is 1. The zero-order chi connectivity index (χ0) is 14.3. The molecule has 4 nitrogen and oxygen atoms in total. The maximum absolute atomic E-state index is 9.90. The van der Waals surface area contributed by atoms with E-state index in [9.17, 15) is 5.11 Å². The van der Waals surface area contributed by atoms with Gasteiger partial charge in [0.2, 0.25) is 0 Å². The summed E-state index contributed by atoms with van der Waals surface area (Å²) in [7, 11) is 0. The third kappa shape index (κ3) is 2.44. The molecule has 3 rings (SSSR count). The average Bonchev–Trinajstić information content (AvgIpc) is 2.97. The van der Waals surface area contributed by atoms with Crippen LogP contribution >= 0.6 is 22.9 Å². The lowest BCUT2D eigenvalue weighted by Gasteiger charge is -2.11. The van der Waals surface area contributed by atoms with Crippen molar-refractivity contribution in [3.05, 3.63) is 46.1 Å². The van der Waals surface area contributed by atoms with Gasteiger partial charge in [-0.1, -0.05) is 35.0 Å². The Labute approximate surface area is 125 Å². The van der Waals surface area contributed by atoms with E-state index < -0.39 is 5.60 Å². The van der Waals surface area contributed by atoms with E-state index in [0.29, 0.717) is 12.2 Å². The molecule has 1 N–H and O–H groups in total. The van der Waals surface area contributed by atoms with Gasteiger partial charge < -0.3 is 5.11 Å². The van der Waals surface area contributed by atoms with Gasteiger partial charge in [-0.15, -0.1) is 16.4 Å². The number of rotatable bonds is 3. The SMILES string of the molecule is CC(C)(O)c1cn(Cc2sc3ccccc3c2Cl)nn1. The van der Waals surface area contributed by atoms with Gasteiger partial charge in [-0.2, -0.15) is 0 Å². The van der Waals surface area contributed by atoms with Crippen molar-refractivity contribution in [3.63, 3.8) is 0 Å². The quantitative estimate of drug-likeness (QED) is 0.806. The van der Waals surface area contributed by atoms with Gasteiger partial charge in [0.15, 0.2) is 0 Å². The second-order valence-corrected chi connectivity index (χ2v) is 6.71. The summed E-state index contributed by atoms with van der Waals surface area (Å²) >= 11 is 8.06. The molecule has 0 aliphatic heterocycles. The molecule has 3 aromatic rings. The van der Waals surface area contributed by atoms with Crippen LogP contribution in [0.5, 0.6) is 0 Å². The molecule has 2 heterocycles. The molecule has 0 aliphatic rings. The number of aromatic nitrogens is 3. The highest BCUT2D eigenvalue weighted by Crippen LogP contribution is 2.35. The second kappa shape index (κ2) is 4.84. The summed E-state index contributed by atoms with van der Waals surface area (Å²) in [6, 6.07) is 8.05. The third-order valence-electron chi connectivity index (χ3n) is 3.07. The number of halogens is 1. The molecule has 0 aliphatic carbocycles. The molecule has 0 amide bonds. The van der Waals surface area contributed by atoms with Crippen molar-refractivity contribution >= 4 is 33.0 Å². The largest absolute Gasteiger partial charge is 0.384 e. The number of fused-ring (bicyclic) bond motifs is 1. The smallest absolute Gasteiger partial charge is 0.114 e. The maximum atomic E-state index is 9.90. The van der Waals surface area contributed by atoms with Crippen molar-refractivity contribution in [1.82, 2.24) is 15.0 Å². The Hall–Kier alpha value is -1.43. The number of nitrogens with zero attached hydrogens (tertiary/aromatic N) is 3. The van der Waals surface area contributed by atoms with Gasteiger partial charge in [0, 0.05) is 15.0 Å². The number of aliphatic hydroxyl groups is 1. The fourth-order valence-corrected chi connectivity index (χ4v) is 3.45. The van der Waals surface area contributed by atoms with E-state index in [-0.39, 0.29) is 0 Å². The van der Waals surface area contributed by atoms with Gasteiger partial charge >= 0.3 is 0 Å². The van der Waals surface area contributed by atoms with Crippen molar-refractivity contribution in [1.29, 1.82) is 0 Å². The number of thiophene rings is 1. The molecule has 0 atom stereocenters.